The summed E-state index contributed by atoms with van der Waals surface area (Å²) in [4.78, 5) is 16.3. The molecule has 5 heteroatoms. The van der Waals surface area contributed by atoms with Crippen molar-refractivity contribution in [3.05, 3.63) is 69.7 Å². The van der Waals surface area contributed by atoms with E-state index in [1.54, 1.807) is 0 Å². The molecule has 0 atom stereocenters. The molecule has 4 nitrogen and oxygen atoms in total. The van der Waals surface area contributed by atoms with Crippen molar-refractivity contribution >= 4 is 50.1 Å². The molecule has 122 valence electrons. The van der Waals surface area contributed by atoms with E-state index in [-0.39, 0.29) is 0 Å². The largest absolute Gasteiger partial charge is 0.355 e. The zero-order chi connectivity index (χ0) is 16.8. The molecule has 2 aliphatic heterocycles. The van der Waals surface area contributed by atoms with E-state index in [9.17, 15) is 0 Å². The van der Waals surface area contributed by atoms with E-state index < -0.39 is 0 Å². The van der Waals surface area contributed by atoms with Crippen molar-refractivity contribution < 1.29 is 0 Å². The van der Waals surface area contributed by atoms with Gasteiger partial charge < -0.3 is 9.97 Å². The van der Waals surface area contributed by atoms with E-state index in [1.165, 1.54) is 0 Å². The molecule has 0 aromatic carbocycles. The van der Waals surface area contributed by atoms with Crippen LogP contribution in [0.25, 0.3) is 34.2 Å². The fourth-order valence-corrected chi connectivity index (χ4v) is 3.67. The van der Waals surface area contributed by atoms with Crippen molar-refractivity contribution in [1.29, 1.82) is 0 Å². The van der Waals surface area contributed by atoms with E-state index >= 15 is 0 Å². The molecule has 0 fully saturated rings. The van der Waals surface area contributed by atoms with Gasteiger partial charge in [0.1, 0.15) is 0 Å². The molecule has 0 saturated carbocycles. The van der Waals surface area contributed by atoms with Gasteiger partial charge in [-0.15, -0.1) is 0 Å². The van der Waals surface area contributed by atoms with Gasteiger partial charge in [0.15, 0.2) is 0 Å². The molecular weight excluding hydrogens is 376 g/mol. The quantitative estimate of drug-likeness (QED) is 0.442. The Morgan fingerprint density at radius 3 is 2.24 bits per heavy atom. The Labute approximate surface area is 152 Å². The van der Waals surface area contributed by atoms with Gasteiger partial charge in [-0.2, -0.15) is 0 Å². The number of hydrogen-bond acceptors (Lipinski definition) is 2. The highest BCUT2D eigenvalue weighted by molar-refractivity contribution is 9.10. The molecule has 5 rings (SSSR count). The third kappa shape index (κ3) is 2.81. The summed E-state index contributed by atoms with van der Waals surface area (Å²) in [6.45, 7) is 0. The number of halogens is 1. The maximum Gasteiger partial charge on any atom is 0.0800 e. The lowest BCUT2D eigenvalue weighted by molar-refractivity contribution is 1.03. The van der Waals surface area contributed by atoms with Gasteiger partial charge in [-0.25, -0.2) is 4.98 Å². The van der Waals surface area contributed by atoms with Crippen molar-refractivity contribution in [3.8, 4) is 0 Å². The molecule has 3 aromatic heterocycles. The molecule has 2 aliphatic rings. The van der Waals surface area contributed by atoms with E-state index in [2.05, 4.69) is 68.4 Å². The van der Waals surface area contributed by atoms with Gasteiger partial charge in [-0.1, -0.05) is 0 Å². The van der Waals surface area contributed by atoms with Crippen molar-refractivity contribution in [1.82, 2.24) is 19.9 Å². The van der Waals surface area contributed by atoms with E-state index in [0.717, 1.165) is 62.2 Å². The molecule has 25 heavy (non-hydrogen) atoms. The zero-order valence-corrected chi connectivity index (χ0v) is 15.0. The molecule has 0 spiro atoms. The summed E-state index contributed by atoms with van der Waals surface area (Å²) in [5.41, 5.74) is 8.24. The van der Waals surface area contributed by atoms with Crippen LogP contribution in [0.4, 0.5) is 0 Å². The van der Waals surface area contributed by atoms with Crippen molar-refractivity contribution in [3.63, 3.8) is 0 Å². The molecule has 0 saturated heterocycles. The summed E-state index contributed by atoms with van der Waals surface area (Å²) in [5.74, 6) is 0. The van der Waals surface area contributed by atoms with Crippen molar-refractivity contribution in [2.45, 2.75) is 12.8 Å². The highest BCUT2D eigenvalue weighted by Crippen LogP contribution is 2.24. The fourth-order valence-electron chi connectivity index (χ4n) is 3.22. The Kier molecular flexibility index (Phi) is 3.35. The monoisotopic (exact) mass is 390 g/mol. The zero-order valence-electron chi connectivity index (χ0n) is 13.4. The van der Waals surface area contributed by atoms with Crippen LogP contribution < -0.4 is 0 Å². The van der Waals surface area contributed by atoms with E-state index in [1.807, 2.05) is 12.2 Å². The summed E-state index contributed by atoms with van der Waals surface area (Å²) in [6, 6.07) is 14.6. The predicted octanol–water partition coefficient (Wildman–Crippen LogP) is 5.03. The smallest absolute Gasteiger partial charge is 0.0800 e. The number of H-pyrrole nitrogens is 2. The number of aromatic nitrogens is 4. The highest BCUT2D eigenvalue weighted by Gasteiger charge is 2.07. The van der Waals surface area contributed by atoms with Gasteiger partial charge in [0.2, 0.25) is 0 Å². The highest BCUT2D eigenvalue weighted by atomic mass is 79.9. The molecule has 0 unspecified atom stereocenters. The minimum Gasteiger partial charge on any atom is -0.355 e. The van der Waals surface area contributed by atoms with Crippen LogP contribution in [0.3, 0.4) is 0 Å². The van der Waals surface area contributed by atoms with Gasteiger partial charge in [0.25, 0.3) is 0 Å². The number of rotatable bonds is 0. The maximum absolute atomic E-state index is 4.76. The summed E-state index contributed by atoms with van der Waals surface area (Å²) in [5, 5.41) is 0. The first-order valence-electron chi connectivity index (χ1n) is 8.25. The number of nitrogens with one attached hydrogen (secondary N) is 2. The van der Waals surface area contributed by atoms with E-state index in [0.29, 0.717) is 0 Å². The summed E-state index contributed by atoms with van der Waals surface area (Å²) < 4.78 is 0.958. The number of hydrogen-bond donors (Lipinski definition) is 2. The van der Waals surface area contributed by atoms with Crippen LogP contribution >= 0.6 is 15.9 Å². The minimum absolute atomic E-state index is 0.916. The van der Waals surface area contributed by atoms with Crippen LogP contribution in [0, 0.1) is 0 Å². The van der Waals surface area contributed by atoms with Crippen LogP contribution in [0.15, 0.2) is 46.9 Å². The minimum atomic E-state index is 0.916. The molecule has 5 heterocycles. The second-order valence-corrected chi connectivity index (χ2v) is 7.09. The van der Waals surface area contributed by atoms with Crippen LogP contribution in [0.1, 0.15) is 22.8 Å². The Hall–Kier alpha value is -2.66. The summed E-state index contributed by atoms with van der Waals surface area (Å²) in [6.07, 6.45) is 5.99. The van der Waals surface area contributed by atoms with Crippen molar-refractivity contribution in [2.75, 3.05) is 0 Å². The maximum atomic E-state index is 4.76. The summed E-state index contributed by atoms with van der Waals surface area (Å²) >= 11 is 3.68. The van der Waals surface area contributed by atoms with Crippen LogP contribution in [-0.4, -0.2) is 19.9 Å². The van der Waals surface area contributed by atoms with Gasteiger partial charge in [-0.3, -0.25) is 4.98 Å². The standard InChI is InChI=1S/C20H15BrN4/c21-20-18-7-5-16(24-18)10-14-3-1-12(22-14)9-13-2-4-15(23-13)11-17-6-8-19(20)25-17/h1,3,5-11,22,25H,2,4H2. The van der Waals surface area contributed by atoms with E-state index in [4.69, 9.17) is 9.97 Å². The van der Waals surface area contributed by atoms with Crippen LogP contribution in [-0.2, 0) is 12.8 Å². The Bertz CT molecular complexity index is 1170. The number of aryl methyl sites for hydroxylation is 2. The topological polar surface area (TPSA) is 57.4 Å². The first kappa shape index (κ1) is 14.7. The lowest BCUT2D eigenvalue weighted by atomic mass is 10.2. The average molecular weight is 391 g/mol. The Balaban J connectivity index is 1.87. The SMILES string of the molecule is Brc1c2nc(cc3ccc(cc4nc(cc5ccc1[nH]5)CC4)[nH]3)C=C2. The number of nitrogens with zero attached hydrogens (tertiary/aromatic N) is 2. The number of aromatic amines is 2. The molecule has 2 N–H and O–H groups in total. The average Bonchev–Trinajstić information content (AvgIpc) is 3.36. The second kappa shape index (κ2) is 5.70. The Morgan fingerprint density at radius 1 is 0.760 bits per heavy atom. The van der Waals surface area contributed by atoms with Gasteiger partial charge >= 0.3 is 0 Å². The lowest BCUT2D eigenvalue weighted by Crippen LogP contribution is -1.78. The summed E-state index contributed by atoms with van der Waals surface area (Å²) in [7, 11) is 0. The van der Waals surface area contributed by atoms with Gasteiger partial charge in [0, 0.05) is 27.9 Å². The van der Waals surface area contributed by atoms with Crippen LogP contribution in [0.2, 0.25) is 0 Å². The molecule has 8 bridgehead atoms. The molecule has 3 aromatic rings. The van der Waals surface area contributed by atoms with Crippen LogP contribution in [0.5, 0.6) is 0 Å². The third-order valence-corrected chi connectivity index (χ3v) is 5.27. The first-order chi connectivity index (χ1) is 12.2. The fraction of sp³-hybridized carbons (Fsp3) is 0.100. The molecule has 0 amide bonds. The lowest BCUT2D eigenvalue weighted by Gasteiger charge is -1.91. The number of fused-ring (bicyclic) bond motifs is 8. The third-order valence-electron chi connectivity index (χ3n) is 4.43. The van der Waals surface area contributed by atoms with Gasteiger partial charge in [0.05, 0.1) is 21.4 Å². The second-order valence-electron chi connectivity index (χ2n) is 6.29. The van der Waals surface area contributed by atoms with Gasteiger partial charge in [-0.05, 0) is 83.4 Å². The predicted molar refractivity (Wildman–Crippen MR) is 105 cm³/mol. The molecule has 0 aliphatic carbocycles. The molecule has 0 radical (unpaired) electrons. The Morgan fingerprint density at radius 2 is 1.44 bits per heavy atom. The molecular formula is C20H15BrN4. The first-order valence-corrected chi connectivity index (χ1v) is 9.05. The normalized spacial score (nSPS) is 13.3. The van der Waals surface area contributed by atoms with Crippen molar-refractivity contribution in [2.24, 2.45) is 0 Å².